The molecule has 1 amide bonds. The number of nitrogens with one attached hydrogen (secondary N) is 1. The Balaban J connectivity index is 1.52. The molecule has 2 aromatic carbocycles. The van der Waals surface area contributed by atoms with Crippen molar-refractivity contribution < 1.29 is 9.18 Å². The minimum atomic E-state index is -0.421. The van der Waals surface area contributed by atoms with Crippen LogP contribution in [0.3, 0.4) is 0 Å². The maximum Gasteiger partial charge on any atom is 0.234 e. The molecule has 6 heteroatoms. The molecule has 0 bridgehead atoms. The Bertz CT molecular complexity index is 976. The van der Waals surface area contributed by atoms with Gasteiger partial charge in [-0.05, 0) is 74.6 Å². The Hall–Kier alpha value is -2.47. The molecule has 0 aromatic heterocycles. The predicted octanol–water partition coefficient (Wildman–Crippen LogP) is 5.76. The van der Waals surface area contributed by atoms with Gasteiger partial charge in [-0.15, -0.1) is 0 Å². The minimum absolute atomic E-state index is 0.0754. The smallest absolute Gasteiger partial charge is 0.234 e. The molecular weight excluding hydrogens is 397 g/mol. The Morgan fingerprint density at radius 2 is 1.80 bits per heavy atom. The third kappa shape index (κ3) is 4.98. The second-order valence-electron chi connectivity index (χ2n) is 7.99. The topological polar surface area (TPSA) is 53.8 Å². The Morgan fingerprint density at radius 3 is 2.50 bits per heavy atom. The molecule has 1 aliphatic carbocycles. The summed E-state index contributed by atoms with van der Waals surface area (Å²) in [6, 6.07) is 14.1. The van der Waals surface area contributed by atoms with Gasteiger partial charge in [-0.2, -0.15) is 0 Å². The van der Waals surface area contributed by atoms with Gasteiger partial charge in [0.25, 0.3) is 0 Å². The van der Waals surface area contributed by atoms with Crippen LogP contribution in [0.4, 0.5) is 10.1 Å². The van der Waals surface area contributed by atoms with E-state index in [2.05, 4.69) is 5.32 Å². The summed E-state index contributed by atoms with van der Waals surface area (Å²) in [5, 5.41) is 3.73. The number of halogens is 1. The molecule has 2 aromatic rings. The summed E-state index contributed by atoms with van der Waals surface area (Å²) < 4.78 is 13.4. The molecule has 1 fully saturated rings. The van der Waals surface area contributed by atoms with E-state index >= 15 is 0 Å². The van der Waals surface area contributed by atoms with Crippen molar-refractivity contribution in [3.8, 4) is 0 Å². The zero-order chi connectivity index (χ0) is 21.0. The highest BCUT2D eigenvalue weighted by molar-refractivity contribution is 8.16. The average Bonchev–Trinajstić information content (AvgIpc) is 2.92. The van der Waals surface area contributed by atoms with Crippen LogP contribution in [0, 0.1) is 12.7 Å². The first-order valence-corrected chi connectivity index (χ1v) is 11.5. The van der Waals surface area contributed by atoms with E-state index in [-0.39, 0.29) is 17.5 Å². The molecule has 2 aliphatic rings. The fourth-order valence-corrected chi connectivity index (χ4v) is 4.87. The SMILES string of the molecule is Cc1cccc(NC(=O)CSC2=NC3(CCCCCC3)N=C2c2ccc(F)cc2)c1. The van der Waals surface area contributed by atoms with Crippen molar-refractivity contribution >= 4 is 34.1 Å². The number of amides is 1. The second-order valence-corrected chi connectivity index (χ2v) is 8.95. The number of carbonyl (C=O) groups is 1. The Morgan fingerprint density at radius 1 is 1.07 bits per heavy atom. The molecule has 0 radical (unpaired) electrons. The fraction of sp³-hybridized carbons (Fsp3) is 0.375. The normalized spacial score (nSPS) is 17.9. The lowest BCUT2D eigenvalue weighted by molar-refractivity contribution is -0.113. The first kappa shape index (κ1) is 20.8. The summed E-state index contributed by atoms with van der Waals surface area (Å²) in [7, 11) is 0. The number of aryl methyl sites for hydroxylation is 1. The van der Waals surface area contributed by atoms with E-state index in [1.54, 1.807) is 12.1 Å². The number of aliphatic imine (C=N–C) groups is 2. The maximum absolute atomic E-state index is 13.4. The molecule has 0 atom stereocenters. The van der Waals surface area contributed by atoms with Crippen molar-refractivity contribution in [1.82, 2.24) is 0 Å². The van der Waals surface area contributed by atoms with Gasteiger partial charge in [0.2, 0.25) is 5.91 Å². The number of nitrogens with zero attached hydrogens (tertiary/aromatic N) is 2. The molecule has 1 heterocycles. The lowest BCUT2D eigenvalue weighted by atomic mass is 10.0. The van der Waals surface area contributed by atoms with Crippen LogP contribution in [-0.2, 0) is 4.79 Å². The van der Waals surface area contributed by atoms with Crippen molar-refractivity contribution in [2.24, 2.45) is 9.98 Å². The van der Waals surface area contributed by atoms with E-state index in [0.717, 1.165) is 53.3 Å². The van der Waals surface area contributed by atoms with Gasteiger partial charge in [-0.3, -0.25) is 9.79 Å². The maximum atomic E-state index is 13.4. The molecule has 1 N–H and O–H groups in total. The quantitative estimate of drug-likeness (QED) is 0.680. The molecule has 0 unspecified atom stereocenters. The zero-order valence-electron chi connectivity index (χ0n) is 17.2. The molecule has 1 aliphatic heterocycles. The van der Waals surface area contributed by atoms with Crippen LogP contribution in [0.1, 0.15) is 49.7 Å². The summed E-state index contributed by atoms with van der Waals surface area (Å²) in [6.07, 6.45) is 6.49. The highest BCUT2D eigenvalue weighted by Crippen LogP contribution is 2.37. The van der Waals surface area contributed by atoms with Crippen LogP contribution in [0.25, 0.3) is 0 Å². The van der Waals surface area contributed by atoms with Crippen molar-refractivity contribution in [3.05, 3.63) is 65.5 Å². The summed E-state index contributed by atoms with van der Waals surface area (Å²) in [5.74, 6) is -0.0953. The molecule has 4 rings (SSSR count). The number of benzene rings is 2. The largest absolute Gasteiger partial charge is 0.325 e. The zero-order valence-corrected chi connectivity index (χ0v) is 18.0. The number of anilines is 1. The van der Waals surface area contributed by atoms with Crippen LogP contribution < -0.4 is 5.32 Å². The Labute approximate surface area is 181 Å². The molecular formula is C24H26FN3OS. The summed E-state index contributed by atoms with van der Waals surface area (Å²) >= 11 is 1.41. The number of carbonyl (C=O) groups excluding carboxylic acids is 1. The van der Waals surface area contributed by atoms with Crippen molar-refractivity contribution in [2.45, 2.75) is 51.1 Å². The van der Waals surface area contributed by atoms with Crippen LogP contribution >= 0.6 is 11.8 Å². The highest BCUT2D eigenvalue weighted by Gasteiger charge is 2.37. The number of rotatable bonds is 4. The molecule has 4 nitrogen and oxygen atoms in total. The first-order chi connectivity index (χ1) is 14.5. The van der Waals surface area contributed by atoms with Gasteiger partial charge in [-0.25, -0.2) is 9.38 Å². The van der Waals surface area contributed by atoms with E-state index in [0.29, 0.717) is 0 Å². The van der Waals surface area contributed by atoms with Crippen molar-refractivity contribution in [2.75, 3.05) is 11.1 Å². The molecule has 1 saturated carbocycles. The summed E-state index contributed by atoms with van der Waals surface area (Å²) in [6.45, 7) is 2.00. The lowest BCUT2D eigenvalue weighted by Crippen LogP contribution is -2.20. The molecule has 30 heavy (non-hydrogen) atoms. The van der Waals surface area contributed by atoms with Gasteiger partial charge in [0.15, 0.2) is 5.66 Å². The van der Waals surface area contributed by atoms with E-state index in [9.17, 15) is 9.18 Å². The second kappa shape index (κ2) is 9.13. The van der Waals surface area contributed by atoms with Crippen LogP contribution in [0.5, 0.6) is 0 Å². The lowest BCUT2D eigenvalue weighted by Gasteiger charge is -2.20. The van der Waals surface area contributed by atoms with Crippen LogP contribution in [0.2, 0.25) is 0 Å². The standard InChI is InChI=1S/C24H26FN3OS/c1-17-7-6-8-20(15-17)26-21(29)16-30-23-22(18-9-11-19(25)12-10-18)27-24(28-23)13-4-2-3-5-14-24/h6-12,15H,2-5,13-14,16H2,1H3,(H,26,29). The highest BCUT2D eigenvalue weighted by atomic mass is 32.2. The monoisotopic (exact) mass is 423 g/mol. The van der Waals surface area contributed by atoms with Gasteiger partial charge in [0, 0.05) is 11.3 Å². The van der Waals surface area contributed by atoms with Crippen molar-refractivity contribution in [1.29, 1.82) is 0 Å². The Kier molecular flexibility index (Phi) is 6.32. The van der Waals surface area contributed by atoms with Gasteiger partial charge >= 0.3 is 0 Å². The van der Waals surface area contributed by atoms with Crippen LogP contribution in [-0.4, -0.2) is 28.1 Å². The van der Waals surface area contributed by atoms with E-state index in [1.807, 2.05) is 31.2 Å². The van der Waals surface area contributed by atoms with Gasteiger partial charge in [0.1, 0.15) is 10.9 Å². The number of thioether (sulfide) groups is 1. The summed E-state index contributed by atoms with van der Waals surface area (Å²) in [5.41, 5.74) is 3.10. The van der Waals surface area contributed by atoms with Crippen LogP contribution in [0.15, 0.2) is 58.5 Å². The third-order valence-corrected chi connectivity index (χ3v) is 6.46. The minimum Gasteiger partial charge on any atom is -0.325 e. The van der Waals surface area contributed by atoms with Gasteiger partial charge in [-0.1, -0.05) is 36.7 Å². The molecule has 1 spiro atoms. The van der Waals surface area contributed by atoms with Gasteiger partial charge in [0.05, 0.1) is 11.5 Å². The van der Waals surface area contributed by atoms with E-state index < -0.39 is 5.66 Å². The third-order valence-electron chi connectivity index (χ3n) is 5.50. The fourth-order valence-electron chi connectivity index (χ4n) is 3.99. The first-order valence-electron chi connectivity index (χ1n) is 10.5. The van der Waals surface area contributed by atoms with Crippen molar-refractivity contribution in [3.63, 3.8) is 0 Å². The molecule has 0 saturated heterocycles. The average molecular weight is 424 g/mol. The number of hydrogen-bond donors (Lipinski definition) is 1. The molecule has 156 valence electrons. The number of hydrogen-bond acceptors (Lipinski definition) is 4. The van der Waals surface area contributed by atoms with Gasteiger partial charge < -0.3 is 5.32 Å². The predicted molar refractivity (Wildman–Crippen MR) is 123 cm³/mol. The van der Waals surface area contributed by atoms with E-state index in [4.69, 9.17) is 9.98 Å². The summed E-state index contributed by atoms with van der Waals surface area (Å²) in [4.78, 5) is 22.6. The van der Waals surface area contributed by atoms with E-state index in [1.165, 1.54) is 36.7 Å².